The first-order valence-electron chi connectivity index (χ1n) is 10.4. The summed E-state index contributed by atoms with van der Waals surface area (Å²) in [6.07, 6.45) is 3.89. The summed E-state index contributed by atoms with van der Waals surface area (Å²) < 4.78 is 22.8. The summed E-state index contributed by atoms with van der Waals surface area (Å²) in [5, 5.41) is 12.5. The number of amides is 1. The summed E-state index contributed by atoms with van der Waals surface area (Å²) in [5.41, 5.74) is 0.248. The summed E-state index contributed by atoms with van der Waals surface area (Å²) in [5.74, 6) is -2.33. The molecular formula is C26H23FN2O4. The summed E-state index contributed by atoms with van der Waals surface area (Å²) in [4.78, 5) is 24.4. The molecule has 0 bridgehead atoms. The van der Waals surface area contributed by atoms with E-state index in [0.717, 1.165) is 17.3 Å². The lowest BCUT2D eigenvalue weighted by Crippen LogP contribution is -2.49. The van der Waals surface area contributed by atoms with Gasteiger partial charge in [-0.1, -0.05) is 36.4 Å². The van der Waals surface area contributed by atoms with Crippen LogP contribution in [0.4, 0.5) is 4.39 Å². The summed E-state index contributed by atoms with van der Waals surface area (Å²) in [7, 11) is 0. The third-order valence-electron chi connectivity index (χ3n) is 5.37. The van der Waals surface area contributed by atoms with E-state index in [-0.39, 0.29) is 17.9 Å². The van der Waals surface area contributed by atoms with E-state index in [9.17, 15) is 19.1 Å². The fourth-order valence-electron chi connectivity index (χ4n) is 3.46. The van der Waals surface area contributed by atoms with Crippen LogP contribution in [0.25, 0.3) is 16.5 Å². The van der Waals surface area contributed by atoms with Gasteiger partial charge in [0.25, 0.3) is 5.91 Å². The molecular weight excluding hydrogens is 423 g/mol. The van der Waals surface area contributed by atoms with Crippen molar-refractivity contribution in [2.24, 2.45) is 0 Å². The van der Waals surface area contributed by atoms with Crippen LogP contribution in [0.3, 0.4) is 0 Å². The molecule has 1 heterocycles. The SMILES string of the molecule is CC(C)(NC(=O)c1cc(F)c2ccccc2c1OCc1ccc(-n2cccc2)cc1)C(=O)O. The molecule has 3 aromatic carbocycles. The Hall–Kier alpha value is -4.13. The van der Waals surface area contributed by atoms with Crippen LogP contribution >= 0.6 is 0 Å². The van der Waals surface area contributed by atoms with Gasteiger partial charge >= 0.3 is 5.97 Å². The Kier molecular flexibility index (Phi) is 5.87. The molecule has 0 saturated heterocycles. The Labute approximate surface area is 190 Å². The van der Waals surface area contributed by atoms with Crippen LogP contribution < -0.4 is 10.1 Å². The standard InChI is InChI=1S/C26H23FN2O4/c1-26(2,25(31)32)28-24(30)21-15-22(27)19-7-3-4-8-20(19)23(21)33-16-17-9-11-18(12-10-17)29-13-5-6-14-29/h3-15H,16H2,1-2H3,(H,28,30)(H,31,32). The van der Waals surface area contributed by atoms with Crippen LogP contribution in [0.1, 0.15) is 29.8 Å². The number of hydrogen-bond acceptors (Lipinski definition) is 3. The average Bonchev–Trinajstić information content (AvgIpc) is 3.33. The molecule has 0 fully saturated rings. The van der Waals surface area contributed by atoms with Crippen molar-refractivity contribution >= 4 is 22.6 Å². The average molecular weight is 446 g/mol. The summed E-state index contributed by atoms with van der Waals surface area (Å²) in [6, 6.07) is 19.4. The molecule has 0 aliphatic carbocycles. The van der Waals surface area contributed by atoms with Gasteiger partial charge < -0.3 is 19.7 Å². The molecule has 0 atom stereocenters. The van der Waals surface area contributed by atoms with Crippen molar-refractivity contribution in [3.05, 3.63) is 96.1 Å². The van der Waals surface area contributed by atoms with Crippen LogP contribution in [0.5, 0.6) is 5.75 Å². The number of fused-ring (bicyclic) bond motifs is 1. The topological polar surface area (TPSA) is 80.6 Å². The maximum Gasteiger partial charge on any atom is 0.328 e. The second-order valence-electron chi connectivity index (χ2n) is 8.21. The van der Waals surface area contributed by atoms with Crippen molar-refractivity contribution in [3.63, 3.8) is 0 Å². The van der Waals surface area contributed by atoms with Gasteiger partial charge in [0.1, 0.15) is 23.7 Å². The first-order valence-corrected chi connectivity index (χ1v) is 10.4. The molecule has 2 N–H and O–H groups in total. The van der Waals surface area contributed by atoms with E-state index in [1.54, 1.807) is 24.3 Å². The summed E-state index contributed by atoms with van der Waals surface area (Å²) >= 11 is 0. The molecule has 168 valence electrons. The second kappa shape index (κ2) is 8.78. The predicted molar refractivity (Wildman–Crippen MR) is 123 cm³/mol. The molecule has 4 aromatic rings. The second-order valence-corrected chi connectivity index (χ2v) is 8.21. The van der Waals surface area contributed by atoms with Crippen molar-refractivity contribution < 1.29 is 23.8 Å². The lowest BCUT2D eigenvalue weighted by Gasteiger charge is -2.22. The van der Waals surface area contributed by atoms with Gasteiger partial charge in [-0.2, -0.15) is 0 Å². The predicted octanol–water partition coefficient (Wildman–Crippen LogP) is 4.94. The molecule has 0 saturated carbocycles. The lowest BCUT2D eigenvalue weighted by atomic mass is 10.0. The number of ether oxygens (including phenoxy) is 1. The number of carboxylic acid groups (broad SMARTS) is 1. The van der Waals surface area contributed by atoms with Crippen molar-refractivity contribution in [2.75, 3.05) is 0 Å². The molecule has 33 heavy (non-hydrogen) atoms. The van der Waals surface area contributed by atoms with E-state index in [4.69, 9.17) is 4.74 Å². The highest BCUT2D eigenvalue weighted by atomic mass is 19.1. The third kappa shape index (κ3) is 4.57. The Morgan fingerprint density at radius 1 is 1.00 bits per heavy atom. The maximum atomic E-state index is 14.8. The van der Waals surface area contributed by atoms with Gasteiger partial charge in [-0.25, -0.2) is 9.18 Å². The number of benzene rings is 3. The van der Waals surface area contributed by atoms with Crippen molar-refractivity contribution in [1.29, 1.82) is 0 Å². The molecule has 0 spiro atoms. The number of carbonyl (C=O) groups excluding carboxylic acids is 1. The van der Waals surface area contributed by atoms with Crippen molar-refractivity contribution in [3.8, 4) is 11.4 Å². The van der Waals surface area contributed by atoms with E-state index in [2.05, 4.69) is 5.32 Å². The van der Waals surface area contributed by atoms with E-state index in [1.165, 1.54) is 13.8 Å². The van der Waals surface area contributed by atoms with Gasteiger partial charge in [0, 0.05) is 28.9 Å². The first-order chi connectivity index (χ1) is 15.8. The van der Waals surface area contributed by atoms with Gasteiger partial charge in [0.05, 0.1) is 5.56 Å². The molecule has 0 radical (unpaired) electrons. The quantitative estimate of drug-likeness (QED) is 0.421. The number of rotatable bonds is 7. The summed E-state index contributed by atoms with van der Waals surface area (Å²) in [6.45, 7) is 2.86. The molecule has 0 unspecified atom stereocenters. The largest absolute Gasteiger partial charge is 0.487 e. The number of aromatic nitrogens is 1. The highest BCUT2D eigenvalue weighted by molar-refractivity contribution is 6.05. The fourth-order valence-corrected chi connectivity index (χ4v) is 3.46. The highest BCUT2D eigenvalue weighted by Gasteiger charge is 2.31. The minimum absolute atomic E-state index is 0.0653. The third-order valence-corrected chi connectivity index (χ3v) is 5.37. The van der Waals surface area contributed by atoms with Crippen LogP contribution in [0.2, 0.25) is 0 Å². The Bertz CT molecular complexity index is 1310. The maximum absolute atomic E-state index is 14.8. The van der Waals surface area contributed by atoms with Crippen molar-refractivity contribution in [2.45, 2.75) is 26.0 Å². The molecule has 4 rings (SSSR count). The Balaban J connectivity index is 1.66. The molecule has 7 heteroatoms. The van der Waals surface area contributed by atoms with Gasteiger partial charge in [-0.15, -0.1) is 0 Å². The smallest absolute Gasteiger partial charge is 0.328 e. The number of hydrogen-bond donors (Lipinski definition) is 2. The molecule has 0 aliphatic rings. The first kappa shape index (κ1) is 22.1. The Morgan fingerprint density at radius 3 is 2.27 bits per heavy atom. The zero-order chi connectivity index (χ0) is 23.6. The van der Waals surface area contributed by atoms with Gasteiger partial charge in [-0.3, -0.25) is 4.79 Å². The fraction of sp³-hybridized carbons (Fsp3) is 0.154. The molecule has 1 amide bonds. The van der Waals surface area contributed by atoms with E-state index < -0.39 is 23.2 Å². The number of nitrogens with zero attached hydrogens (tertiary/aromatic N) is 1. The van der Waals surface area contributed by atoms with Crippen LogP contribution in [0.15, 0.2) is 79.1 Å². The van der Waals surface area contributed by atoms with Crippen LogP contribution in [0, 0.1) is 5.82 Å². The number of halogens is 1. The van der Waals surface area contributed by atoms with Crippen LogP contribution in [-0.2, 0) is 11.4 Å². The highest BCUT2D eigenvalue weighted by Crippen LogP contribution is 2.33. The minimum Gasteiger partial charge on any atom is -0.487 e. The normalized spacial score (nSPS) is 11.4. The monoisotopic (exact) mass is 446 g/mol. The van der Waals surface area contributed by atoms with Gasteiger partial charge in [-0.05, 0) is 49.7 Å². The minimum atomic E-state index is -1.54. The molecule has 0 aliphatic heterocycles. The Morgan fingerprint density at radius 2 is 1.64 bits per heavy atom. The number of nitrogens with one attached hydrogen (secondary N) is 1. The number of carbonyl (C=O) groups is 2. The van der Waals surface area contributed by atoms with Gasteiger partial charge in [0.2, 0.25) is 0 Å². The zero-order valence-corrected chi connectivity index (χ0v) is 18.2. The molecule has 6 nitrogen and oxygen atoms in total. The van der Waals surface area contributed by atoms with E-state index in [0.29, 0.717) is 10.8 Å². The van der Waals surface area contributed by atoms with E-state index in [1.807, 2.05) is 53.4 Å². The number of carboxylic acids is 1. The van der Waals surface area contributed by atoms with Crippen molar-refractivity contribution in [1.82, 2.24) is 9.88 Å². The lowest BCUT2D eigenvalue weighted by molar-refractivity contribution is -0.143. The molecule has 1 aromatic heterocycles. The van der Waals surface area contributed by atoms with Gasteiger partial charge in [0.15, 0.2) is 0 Å². The van der Waals surface area contributed by atoms with E-state index >= 15 is 0 Å². The zero-order valence-electron chi connectivity index (χ0n) is 18.2. The van der Waals surface area contributed by atoms with Crippen LogP contribution in [-0.4, -0.2) is 27.1 Å². The number of aliphatic carboxylic acids is 1.